The van der Waals surface area contributed by atoms with Crippen molar-refractivity contribution < 1.29 is 19.8 Å². The molecule has 0 saturated carbocycles. The Morgan fingerprint density at radius 2 is 1.09 bits per heavy atom. The monoisotopic (exact) mass is 410 g/mol. The van der Waals surface area contributed by atoms with Crippen LogP contribution in [0.2, 0.25) is 20.1 Å². The van der Waals surface area contributed by atoms with Crippen molar-refractivity contribution in [3.8, 4) is 0 Å². The van der Waals surface area contributed by atoms with Crippen LogP contribution < -0.4 is 0 Å². The number of hydrogen-bond donors (Lipinski definition) is 2. The minimum absolute atomic E-state index is 0.0715. The number of benzene rings is 2. The standard InChI is InChI=1S/C14H6Cl4O4S/c15-5-1-7(13(19)20)11(9(17)3-5)23-12-8(14(21)22)2-6(16)4-10(12)18/h1-4H,(H,19,20)(H,21,22). The highest BCUT2D eigenvalue weighted by Crippen LogP contribution is 2.43. The summed E-state index contributed by atoms with van der Waals surface area (Å²) < 4.78 is 0. The quantitative estimate of drug-likeness (QED) is 0.660. The number of aromatic carboxylic acids is 2. The fourth-order valence-electron chi connectivity index (χ4n) is 1.75. The van der Waals surface area contributed by atoms with Gasteiger partial charge in [0, 0.05) is 19.8 Å². The van der Waals surface area contributed by atoms with Gasteiger partial charge in [0.1, 0.15) is 0 Å². The molecular formula is C14H6Cl4O4S. The molecule has 2 rings (SSSR count). The van der Waals surface area contributed by atoms with Gasteiger partial charge >= 0.3 is 11.9 Å². The highest BCUT2D eigenvalue weighted by molar-refractivity contribution is 7.99. The Morgan fingerprint density at radius 1 is 0.739 bits per heavy atom. The van der Waals surface area contributed by atoms with Crippen molar-refractivity contribution >= 4 is 70.1 Å². The maximum Gasteiger partial charge on any atom is 0.336 e. The molecule has 9 heteroatoms. The summed E-state index contributed by atoms with van der Waals surface area (Å²) in [7, 11) is 0. The molecule has 0 unspecified atom stereocenters. The van der Waals surface area contributed by atoms with E-state index in [4.69, 9.17) is 46.4 Å². The summed E-state index contributed by atoms with van der Waals surface area (Å²) in [6.07, 6.45) is 0. The van der Waals surface area contributed by atoms with Gasteiger partial charge in [-0.15, -0.1) is 0 Å². The lowest BCUT2D eigenvalue weighted by molar-refractivity contribution is 0.0683. The molecule has 2 N–H and O–H groups in total. The minimum atomic E-state index is -1.25. The summed E-state index contributed by atoms with van der Waals surface area (Å²) in [4.78, 5) is 23.0. The second-order valence-corrected chi connectivity index (χ2v) is 6.95. The predicted octanol–water partition coefficient (Wildman–Crippen LogP) is 5.85. The molecule has 0 aliphatic rings. The first kappa shape index (κ1) is 18.2. The van der Waals surface area contributed by atoms with Gasteiger partial charge in [0.15, 0.2) is 0 Å². The fraction of sp³-hybridized carbons (Fsp3) is 0. The molecule has 23 heavy (non-hydrogen) atoms. The van der Waals surface area contributed by atoms with E-state index >= 15 is 0 Å². The van der Waals surface area contributed by atoms with Gasteiger partial charge in [-0.2, -0.15) is 0 Å². The van der Waals surface area contributed by atoms with Crippen molar-refractivity contribution in [3.05, 3.63) is 55.5 Å². The molecule has 2 aromatic carbocycles. The molecule has 0 atom stereocenters. The molecule has 0 amide bonds. The topological polar surface area (TPSA) is 74.6 Å². The van der Waals surface area contributed by atoms with E-state index < -0.39 is 11.9 Å². The van der Waals surface area contributed by atoms with Crippen LogP contribution in [0.3, 0.4) is 0 Å². The summed E-state index contributed by atoms with van der Waals surface area (Å²) in [6.45, 7) is 0. The molecule has 0 spiro atoms. The van der Waals surface area contributed by atoms with Crippen LogP contribution in [-0.4, -0.2) is 22.2 Å². The highest BCUT2D eigenvalue weighted by Gasteiger charge is 2.22. The number of rotatable bonds is 4. The Morgan fingerprint density at radius 3 is 1.39 bits per heavy atom. The number of halogens is 4. The first-order valence-corrected chi connectivity index (χ1v) is 8.16. The molecule has 4 nitrogen and oxygen atoms in total. The zero-order valence-corrected chi connectivity index (χ0v) is 14.8. The van der Waals surface area contributed by atoms with Crippen molar-refractivity contribution in [2.24, 2.45) is 0 Å². The third kappa shape index (κ3) is 4.05. The van der Waals surface area contributed by atoms with E-state index in [1.54, 1.807) is 0 Å². The summed E-state index contributed by atoms with van der Waals surface area (Å²) in [5.74, 6) is -2.50. The van der Waals surface area contributed by atoms with Crippen LogP contribution in [0.25, 0.3) is 0 Å². The van der Waals surface area contributed by atoms with E-state index in [9.17, 15) is 19.8 Å². The van der Waals surface area contributed by atoms with Gasteiger partial charge in [-0.25, -0.2) is 9.59 Å². The van der Waals surface area contributed by atoms with E-state index in [1.807, 2.05) is 0 Å². The normalized spacial score (nSPS) is 10.6. The van der Waals surface area contributed by atoms with E-state index in [1.165, 1.54) is 24.3 Å². The van der Waals surface area contributed by atoms with Crippen molar-refractivity contribution in [2.75, 3.05) is 0 Å². The molecule has 120 valence electrons. The molecule has 0 aliphatic heterocycles. The molecule has 0 aliphatic carbocycles. The van der Waals surface area contributed by atoms with Crippen LogP contribution in [0.15, 0.2) is 34.1 Å². The van der Waals surface area contributed by atoms with Crippen molar-refractivity contribution in [1.82, 2.24) is 0 Å². The Balaban J connectivity index is 2.65. The molecule has 0 saturated heterocycles. The summed E-state index contributed by atoms with van der Waals surface area (Å²) >= 11 is 24.6. The van der Waals surface area contributed by atoms with Crippen LogP contribution >= 0.6 is 58.2 Å². The summed E-state index contributed by atoms with van der Waals surface area (Å²) in [5.41, 5.74) is -0.315. The van der Waals surface area contributed by atoms with Gasteiger partial charge < -0.3 is 10.2 Å². The van der Waals surface area contributed by atoms with Gasteiger partial charge in [0.25, 0.3) is 0 Å². The van der Waals surface area contributed by atoms with Crippen molar-refractivity contribution in [3.63, 3.8) is 0 Å². The van der Waals surface area contributed by atoms with Crippen molar-refractivity contribution in [2.45, 2.75) is 9.79 Å². The summed E-state index contributed by atoms with van der Waals surface area (Å²) in [5, 5.41) is 19.0. The van der Waals surface area contributed by atoms with Gasteiger partial charge in [-0.1, -0.05) is 58.2 Å². The van der Waals surface area contributed by atoms with E-state index in [2.05, 4.69) is 0 Å². The molecule has 0 heterocycles. The van der Waals surface area contributed by atoms with Gasteiger partial charge in [0.05, 0.1) is 21.2 Å². The second-order valence-electron chi connectivity index (χ2n) is 4.24. The predicted molar refractivity (Wildman–Crippen MR) is 91.0 cm³/mol. The SMILES string of the molecule is O=C(O)c1cc(Cl)cc(Cl)c1Sc1c(Cl)cc(Cl)cc1C(=O)O. The highest BCUT2D eigenvalue weighted by atomic mass is 35.5. The maximum atomic E-state index is 11.4. The number of carboxylic acid groups (broad SMARTS) is 2. The molecule has 0 radical (unpaired) electrons. The van der Waals surface area contributed by atoms with Crippen LogP contribution in [0.1, 0.15) is 20.7 Å². The Hall–Kier alpha value is -1.11. The van der Waals surface area contributed by atoms with Crippen LogP contribution in [-0.2, 0) is 0 Å². The lowest BCUT2D eigenvalue weighted by atomic mass is 10.2. The van der Waals surface area contributed by atoms with Crippen LogP contribution in [0, 0.1) is 0 Å². The van der Waals surface area contributed by atoms with Gasteiger partial charge in [-0.05, 0) is 24.3 Å². The average molecular weight is 412 g/mol. The van der Waals surface area contributed by atoms with Crippen molar-refractivity contribution in [1.29, 1.82) is 0 Å². The fourth-order valence-corrected chi connectivity index (χ4v) is 4.00. The third-order valence-corrected chi connectivity index (χ3v) is 5.23. The van der Waals surface area contributed by atoms with Gasteiger partial charge in [0.2, 0.25) is 0 Å². The van der Waals surface area contributed by atoms with E-state index in [0.29, 0.717) is 0 Å². The second kappa shape index (κ2) is 7.20. The van der Waals surface area contributed by atoms with E-state index in [0.717, 1.165) is 11.8 Å². The lowest BCUT2D eigenvalue weighted by Crippen LogP contribution is -2.02. The molecular weight excluding hydrogens is 406 g/mol. The zero-order valence-electron chi connectivity index (χ0n) is 10.9. The lowest BCUT2D eigenvalue weighted by Gasteiger charge is -2.12. The van der Waals surface area contributed by atoms with Gasteiger partial charge in [-0.3, -0.25) is 0 Å². The number of hydrogen-bond acceptors (Lipinski definition) is 3. The zero-order chi connectivity index (χ0) is 17.3. The summed E-state index contributed by atoms with van der Waals surface area (Å²) in [6, 6.07) is 5.18. The molecule has 2 aromatic rings. The maximum absolute atomic E-state index is 11.4. The Kier molecular flexibility index (Phi) is 5.70. The average Bonchev–Trinajstić information content (AvgIpc) is 2.42. The number of carbonyl (C=O) groups is 2. The van der Waals surface area contributed by atoms with Crippen LogP contribution in [0.4, 0.5) is 0 Å². The Labute approximate surface area is 154 Å². The molecule has 0 fully saturated rings. The Bertz CT molecular complexity index is 755. The smallest absolute Gasteiger partial charge is 0.336 e. The molecule has 0 aromatic heterocycles. The first-order valence-electron chi connectivity index (χ1n) is 5.83. The molecule has 0 bridgehead atoms. The largest absolute Gasteiger partial charge is 0.478 e. The van der Waals surface area contributed by atoms with Crippen LogP contribution in [0.5, 0.6) is 0 Å². The number of carboxylic acids is 2. The minimum Gasteiger partial charge on any atom is -0.478 e. The third-order valence-electron chi connectivity index (χ3n) is 2.68. The first-order chi connectivity index (χ1) is 10.7. The van der Waals surface area contributed by atoms with E-state index in [-0.39, 0.29) is 41.0 Å².